The van der Waals surface area contributed by atoms with E-state index in [1.165, 1.54) is 19.4 Å². The molecule has 0 heterocycles. The Bertz CT molecular complexity index is 330. The number of ether oxygens (including phenoxy) is 2. The van der Waals surface area contributed by atoms with Crippen LogP contribution in [0.3, 0.4) is 0 Å². The summed E-state index contributed by atoms with van der Waals surface area (Å²) in [7, 11) is 1.33. The second-order valence-corrected chi connectivity index (χ2v) is 3.01. The van der Waals surface area contributed by atoms with Crippen molar-refractivity contribution in [2.24, 2.45) is 0 Å². The molecule has 0 radical (unpaired) electrons. The lowest BCUT2D eigenvalue weighted by Gasteiger charge is -2.10. The molecule has 3 nitrogen and oxygen atoms in total. The van der Waals surface area contributed by atoms with Crippen LogP contribution < -0.4 is 0 Å². The van der Waals surface area contributed by atoms with E-state index in [2.05, 4.69) is 4.74 Å². The summed E-state index contributed by atoms with van der Waals surface area (Å²) in [5.74, 6) is -0.421. The molecule has 1 unspecified atom stereocenters. The second-order valence-electron chi connectivity index (χ2n) is 3.01. The lowest BCUT2D eigenvalue weighted by molar-refractivity contribution is -0.135. The first-order chi connectivity index (χ1) is 7.24. The summed E-state index contributed by atoms with van der Waals surface area (Å²) in [6, 6.07) is 9.77. The van der Waals surface area contributed by atoms with Crippen molar-refractivity contribution in [3.63, 3.8) is 0 Å². The first-order valence-corrected chi connectivity index (χ1v) is 4.69. The fourth-order valence-corrected chi connectivity index (χ4v) is 1.08. The molecule has 0 fully saturated rings. The maximum atomic E-state index is 10.7. The van der Waals surface area contributed by atoms with Crippen LogP contribution in [0.25, 0.3) is 0 Å². The molecule has 15 heavy (non-hydrogen) atoms. The third-order valence-electron chi connectivity index (χ3n) is 1.96. The van der Waals surface area contributed by atoms with Gasteiger partial charge in [0.25, 0.3) is 0 Å². The number of methoxy groups -OCH3 is 1. The largest absolute Gasteiger partial charge is 0.493 e. The van der Waals surface area contributed by atoms with E-state index < -0.39 is 5.97 Å². The van der Waals surface area contributed by atoms with Crippen molar-refractivity contribution in [1.29, 1.82) is 0 Å². The van der Waals surface area contributed by atoms with Gasteiger partial charge in [0.05, 0.1) is 19.4 Å². The molecule has 1 aromatic rings. The van der Waals surface area contributed by atoms with Crippen molar-refractivity contribution in [1.82, 2.24) is 0 Å². The molecule has 0 saturated heterocycles. The van der Waals surface area contributed by atoms with Gasteiger partial charge >= 0.3 is 5.97 Å². The summed E-state index contributed by atoms with van der Waals surface area (Å²) in [5, 5.41) is 0. The molecule has 1 rings (SSSR count). The molecule has 0 N–H and O–H groups in total. The fourth-order valence-electron chi connectivity index (χ4n) is 1.08. The van der Waals surface area contributed by atoms with E-state index in [1.807, 2.05) is 37.3 Å². The van der Waals surface area contributed by atoms with E-state index in [9.17, 15) is 4.79 Å². The fraction of sp³-hybridized carbons (Fsp3) is 0.250. The van der Waals surface area contributed by atoms with Crippen LogP contribution in [-0.2, 0) is 14.3 Å². The smallest absolute Gasteiger partial charge is 0.333 e. The highest BCUT2D eigenvalue weighted by molar-refractivity contribution is 5.81. The van der Waals surface area contributed by atoms with E-state index in [0.717, 1.165) is 5.56 Å². The quantitative estimate of drug-likeness (QED) is 0.431. The van der Waals surface area contributed by atoms with Gasteiger partial charge in [-0.1, -0.05) is 30.3 Å². The second kappa shape index (κ2) is 5.86. The van der Waals surface area contributed by atoms with Crippen LogP contribution >= 0.6 is 0 Å². The molecule has 0 amide bonds. The predicted molar refractivity (Wildman–Crippen MR) is 57.1 cm³/mol. The first-order valence-electron chi connectivity index (χ1n) is 4.69. The molecule has 0 aliphatic rings. The summed E-state index contributed by atoms with van der Waals surface area (Å²) in [6.45, 7) is 1.91. The van der Waals surface area contributed by atoms with Crippen molar-refractivity contribution in [2.75, 3.05) is 7.11 Å². The Morgan fingerprint density at radius 3 is 2.60 bits per heavy atom. The van der Waals surface area contributed by atoms with Crippen molar-refractivity contribution < 1.29 is 14.3 Å². The highest BCUT2D eigenvalue weighted by Crippen LogP contribution is 2.15. The van der Waals surface area contributed by atoms with E-state index in [-0.39, 0.29) is 6.10 Å². The Morgan fingerprint density at radius 1 is 1.33 bits per heavy atom. The van der Waals surface area contributed by atoms with Crippen molar-refractivity contribution in [2.45, 2.75) is 13.0 Å². The highest BCUT2D eigenvalue weighted by atomic mass is 16.5. The van der Waals surface area contributed by atoms with Gasteiger partial charge in [-0.25, -0.2) is 4.79 Å². The number of hydrogen-bond donors (Lipinski definition) is 0. The molecule has 0 aromatic heterocycles. The number of hydrogen-bond acceptors (Lipinski definition) is 3. The van der Waals surface area contributed by atoms with E-state index >= 15 is 0 Å². The van der Waals surface area contributed by atoms with Crippen LogP contribution in [0.4, 0.5) is 0 Å². The van der Waals surface area contributed by atoms with Gasteiger partial charge in [-0.2, -0.15) is 0 Å². The maximum absolute atomic E-state index is 10.7. The minimum Gasteiger partial charge on any atom is -0.493 e. The monoisotopic (exact) mass is 206 g/mol. The van der Waals surface area contributed by atoms with Crippen LogP contribution in [0.2, 0.25) is 0 Å². The normalized spacial score (nSPS) is 12.4. The third kappa shape index (κ3) is 3.85. The van der Waals surface area contributed by atoms with Gasteiger partial charge in [-0.15, -0.1) is 0 Å². The minimum absolute atomic E-state index is 0.0768. The number of esters is 1. The zero-order valence-corrected chi connectivity index (χ0v) is 8.84. The molecule has 0 aliphatic heterocycles. The Balaban J connectivity index is 2.47. The standard InChI is InChI=1S/C12H14O3/c1-10(11-6-4-3-5-7-11)15-9-8-12(13)14-2/h3-10H,1-2H3/b9-8+. The number of carbonyl (C=O) groups excluding carboxylic acids is 1. The first kappa shape index (κ1) is 11.3. The molecular weight excluding hydrogens is 192 g/mol. The summed E-state index contributed by atoms with van der Waals surface area (Å²) in [5.41, 5.74) is 1.06. The molecular formula is C12H14O3. The predicted octanol–water partition coefficient (Wildman–Crippen LogP) is 2.45. The van der Waals surface area contributed by atoms with Gasteiger partial charge in [-0.3, -0.25) is 0 Å². The maximum Gasteiger partial charge on any atom is 0.333 e. The average Bonchev–Trinajstić information content (AvgIpc) is 2.29. The molecule has 1 atom stereocenters. The summed E-state index contributed by atoms with van der Waals surface area (Å²) < 4.78 is 9.75. The van der Waals surface area contributed by atoms with E-state index in [4.69, 9.17) is 4.74 Å². The number of carbonyl (C=O) groups is 1. The highest BCUT2D eigenvalue weighted by Gasteiger charge is 2.02. The van der Waals surface area contributed by atoms with Crippen molar-refractivity contribution in [3.05, 3.63) is 48.2 Å². The van der Waals surface area contributed by atoms with Crippen molar-refractivity contribution in [3.8, 4) is 0 Å². The van der Waals surface area contributed by atoms with Gasteiger partial charge in [0.15, 0.2) is 0 Å². The topological polar surface area (TPSA) is 35.5 Å². The molecule has 80 valence electrons. The Morgan fingerprint density at radius 2 is 2.00 bits per heavy atom. The van der Waals surface area contributed by atoms with Crippen LogP contribution in [0.5, 0.6) is 0 Å². The minimum atomic E-state index is -0.421. The van der Waals surface area contributed by atoms with Gasteiger partial charge < -0.3 is 9.47 Å². The number of benzene rings is 1. The molecule has 1 aromatic carbocycles. The molecule has 3 heteroatoms. The van der Waals surface area contributed by atoms with Crippen LogP contribution in [0.15, 0.2) is 42.7 Å². The third-order valence-corrected chi connectivity index (χ3v) is 1.96. The zero-order chi connectivity index (χ0) is 11.1. The van der Waals surface area contributed by atoms with Gasteiger partial charge in [0, 0.05) is 0 Å². The van der Waals surface area contributed by atoms with Gasteiger partial charge in [-0.05, 0) is 12.5 Å². The summed E-state index contributed by atoms with van der Waals surface area (Å²) in [4.78, 5) is 10.7. The van der Waals surface area contributed by atoms with Crippen LogP contribution in [-0.4, -0.2) is 13.1 Å². The molecule has 0 spiro atoms. The molecule has 0 saturated carbocycles. The van der Waals surface area contributed by atoms with Crippen LogP contribution in [0, 0.1) is 0 Å². The lowest BCUT2D eigenvalue weighted by atomic mass is 10.1. The molecule has 0 aliphatic carbocycles. The lowest BCUT2D eigenvalue weighted by Crippen LogP contribution is -1.97. The Kier molecular flexibility index (Phi) is 4.41. The SMILES string of the molecule is COC(=O)/C=C/OC(C)c1ccccc1. The zero-order valence-electron chi connectivity index (χ0n) is 8.84. The summed E-state index contributed by atoms with van der Waals surface area (Å²) >= 11 is 0. The Hall–Kier alpha value is -1.77. The van der Waals surface area contributed by atoms with Gasteiger partial charge in [0.1, 0.15) is 6.10 Å². The average molecular weight is 206 g/mol. The van der Waals surface area contributed by atoms with E-state index in [0.29, 0.717) is 0 Å². The van der Waals surface area contributed by atoms with E-state index in [1.54, 1.807) is 0 Å². The van der Waals surface area contributed by atoms with Gasteiger partial charge in [0.2, 0.25) is 0 Å². The molecule has 0 bridgehead atoms. The summed E-state index contributed by atoms with van der Waals surface area (Å²) in [6.07, 6.45) is 2.52. The number of rotatable bonds is 4. The Labute approximate surface area is 89.3 Å². The van der Waals surface area contributed by atoms with Crippen molar-refractivity contribution >= 4 is 5.97 Å². The van der Waals surface area contributed by atoms with Crippen LogP contribution in [0.1, 0.15) is 18.6 Å².